The Morgan fingerprint density at radius 1 is 1.40 bits per heavy atom. The van der Waals surface area contributed by atoms with Crippen molar-refractivity contribution in [2.75, 3.05) is 0 Å². The highest BCUT2D eigenvalue weighted by molar-refractivity contribution is 5.91. The van der Waals surface area contributed by atoms with Crippen molar-refractivity contribution in [3.8, 4) is 5.75 Å². The highest BCUT2D eigenvalue weighted by Crippen LogP contribution is 2.25. The maximum absolute atomic E-state index is 10.8. The lowest BCUT2D eigenvalue weighted by molar-refractivity contribution is 0.0693. The number of carboxylic acid groups (broad SMARTS) is 1. The van der Waals surface area contributed by atoms with Crippen LogP contribution in [0.25, 0.3) is 0 Å². The van der Waals surface area contributed by atoms with E-state index in [1.165, 1.54) is 6.07 Å². The highest BCUT2D eigenvalue weighted by Gasteiger charge is 2.13. The molecule has 0 heterocycles. The second-order valence-corrected chi connectivity index (χ2v) is 3.38. The molecular weight excluding hydrogens is 192 g/mol. The van der Waals surface area contributed by atoms with Gasteiger partial charge in [-0.05, 0) is 30.5 Å². The number of hydrogen-bond donors (Lipinski definition) is 2. The number of aryl methyl sites for hydroxylation is 2. The fraction of sp³-hybridized carbons (Fsp3) is 0.417. The number of carboxylic acids is 1. The van der Waals surface area contributed by atoms with Crippen molar-refractivity contribution in [2.45, 2.75) is 34.1 Å². The quantitative estimate of drug-likeness (QED) is 0.806. The van der Waals surface area contributed by atoms with Crippen molar-refractivity contribution in [1.82, 2.24) is 0 Å². The summed E-state index contributed by atoms with van der Waals surface area (Å²) in [4.78, 5) is 10.8. The SMILES string of the molecule is C.CCCc1cc(C)cc(C(=O)O)c1O. The van der Waals surface area contributed by atoms with Gasteiger partial charge in [0.15, 0.2) is 0 Å². The van der Waals surface area contributed by atoms with Crippen LogP contribution in [0.15, 0.2) is 12.1 Å². The zero-order valence-electron chi connectivity index (χ0n) is 8.37. The second-order valence-electron chi connectivity index (χ2n) is 3.38. The molecule has 1 aromatic rings. The van der Waals surface area contributed by atoms with Crippen LogP contribution < -0.4 is 0 Å². The van der Waals surface area contributed by atoms with Crippen LogP contribution in [0.3, 0.4) is 0 Å². The monoisotopic (exact) mass is 210 g/mol. The van der Waals surface area contributed by atoms with Crippen LogP contribution in [0.4, 0.5) is 0 Å². The molecule has 84 valence electrons. The average molecular weight is 210 g/mol. The van der Waals surface area contributed by atoms with Crippen LogP contribution in [-0.4, -0.2) is 16.2 Å². The number of hydrogen-bond acceptors (Lipinski definition) is 2. The summed E-state index contributed by atoms with van der Waals surface area (Å²) in [6.45, 7) is 3.81. The number of benzene rings is 1. The van der Waals surface area contributed by atoms with Crippen molar-refractivity contribution in [1.29, 1.82) is 0 Å². The molecule has 2 N–H and O–H groups in total. The second kappa shape index (κ2) is 5.39. The Balaban J connectivity index is 0.00000196. The topological polar surface area (TPSA) is 57.5 Å². The van der Waals surface area contributed by atoms with Gasteiger partial charge in [-0.15, -0.1) is 0 Å². The predicted octanol–water partition coefficient (Wildman–Crippen LogP) is 2.99. The van der Waals surface area contributed by atoms with Gasteiger partial charge < -0.3 is 10.2 Å². The third-order valence-electron chi connectivity index (χ3n) is 2.08. The van der Waals surface area contributed by atoms with Gasteiger partial charge in [0, 0.05) is 0 Å². The Labute approximate surface area is 90.4 Å². The molecule has 0 aromatic heterocycles. The average Bonchev–Trinajstić information content (AvgIpc) is 2.10. The Hall–Kier alpha value is -1.51. The van der Waals surface area contributed by atoms with E-state index in [0.29, 0.717) is 12.0 Å². The first-order chi connectivity index (χ1) is 6.56. The number of aromatic hydroxyl groups is 1. The summed E-state index contributed by atoms with van der Waals surface area (Å²) in [5.41, 5.74) is 1.57. The lowest BCUT2D eigenvalue weighted by Gasteiger charge is -2.07. The molecule has 0 aliphatic carbocycles. The highest BCUT2D eigenvalue weighted by atomic mass is 16.4. The maximum Gasteiger partial charge on any atom is 0.339 e. The van der Waals surface area contributed by atoms with Gasteiger partial charge in [-0.3, -0.25) is 0 Å². The molecule has 0 fully saturated rings. The molecule has 0 spiro atoms. The standard InChI is InChI=1S/C11H14O3.CH4/c1-3-4-8-5-7(2)6-9(10(8)12)11(13)14;/h5-6,12H,3-4H2,1-2H3,(H,13,14);1H4. The molecule has 0 radical (unpaired) electrons. The first kappa shape index (κ1) is 13.5. The van der Waals surface area contributed by atoms with Gasteiger partial charge in [-0.25, -0.2) is 4.79 Å². The Bertz CT molecular complexity index is 356. The summed E-state index contributed by atoms with van der Waals surface area (Å²) in [5.74, 6) is -1.17. The van der Waals surface area contributed by atoms with Gasteiger partial charge in [0.25, 0.3) is 0 Å². The number of phenols is 1. The van der Waals surface area contributed by atoms with Crippen molar-refractivity contribution < 1.29 is 15.0 Å². The fourth-order valence-corrected chi connectivity index (χ4v) is 1.48. The van der Waals surface area contributed by atoms with Gasteiger partial charge >= 0.3 is 5.97 Å². The van der Waals surface area contributed by atoms with E-state index in [1.807, 2.05) is 19.9 Å². The van der Waals surface area contributed by atoms with Crippen molar-refractivity contribution in [2.24, 2.45) is 0 Å². The van der Waals surface area contributed by atoms with Crippen LogP contribution >= 0.6 is 0 Å². The molecule has 15 heavy (non-hydrogen) atoms. The molecule has 0 atom stereocenters. The Morgan fingerprint density at radius 2 is 2.00 bits per heavy atom. The summed E-state index contributed by atoms with van der Waals surface area (Å²) in [7, 11) is 0. The zero-order valence-corrected chi connectivity index (χ0v) is 8.37. The molecule has 0 amide bonds. The zero-order chi connectivity index (χ0) is 10.7. The van der Waals surface area contributed by atoms with Gasteiger partial charge in [-0.1, -0.05) is 26.8 Å². The summed E-state index contributed by atoms with van der Waals surface area (Å²) in [6.07, 6.45) is 1.59. The van der Waals surface area contributed by atoms with Gasteiger partial charge in [0.05, 0.1) is 0 Å². The normalized spacial score (nSPS) is 9.47. The van der Waals surface area contributed by atoms with Crippen LogP contribution in [0.5, 0.6) is 5.75 Å². The minimum Gasteiger partial charge on any atom is -0.507 e. The first-order valence-electron chi connectivity index (χ1n) is 4.62. The van der Waals surface area contributed by atoms with Crippen molar-refractivity contribution in [3.05, 3.63) is 28.8 Å². The van der Waals surface area contributed by atoms with E-state index in [0.717, 1.165) is 12.0 Å². The first-order valence-corrected chi connectivity index (χ1v) is 4.62. The van der Waals surface area contributed by atoms with Crippen LogP contribution in [0, 0.1) is 6.92 Å². The molecule has 3 nitrogen and oxygen atoms in total. The molecule has 0 saturated heterocycles. The summed E-state index contributed by atoms with van der Waals surface area (Å²) < 4.78 is 0. The largest absolute Gasteiger partial charge is 0.507 e. The van der Waals surface area contributed by atoms with Crippen molar-refractivity contribution >= 4 is 5.97 Å². The molecule has 1 aromatic carbocycles. The van der Waals surface area contributed by atoms with Crippen molar-refractivity contribution in [3.63, 3.8) is 0 Å². The Morgan fingerprint density at radius 3 is 2.47 bits per heavy atom. The minimum absolute atomic E-state index is 0. The minimum atomic E-state index is -1.08. The summed E-state index contributed by atoms with van der Waals surface area (Å²) >= 11 is 0. The molecule has 1 rings (SSSR count). The van der Waals surface area contributed by atoms with E-state index in [4.69, 9.17) is 5.11 Å². The van der Waals surface area contributed by atoms with Gasteiger partial charge in [0.1, 0.15) is 11.3 Å². The van der Waals surface area contributed by atoms with Gasteiger partial charge in [0.2, 0.25) is 0 Å². The van der Waals surface area contributed by atoms with E-state index in [1.54, 1.807) is 0 Å². The third kappa shape index (κ3) is 2.98. The fourth-order valence-electron chi connectivity index (χ4n) is 1.48. The molecular formula is C12H18O3. The third-order valence-corrected chi connectivity index (χ3v) is 2.08. The number of aromatic carboxylic acids is 1. The molecule has 0 bridgehead atoms. The predicted molar refractivity (Wildman–Crippen MR) is 60.5 cm³/mol. The number of rotatable bonds is 3. The number of carbonyl (C=O) groups is 1. The van der Waals surface area contributed by atoms with E-state index in [2.05, 4.69) is 0 Å². The van der Waals surface area contributed by atoms with E-state index in [9.17, 15) is 9.90 Å². The smallest absolute Gasteiger partial charge is 0.339 e. The lowest BCUT2D eigenvalue weighted by Crippen LogP contribution is -2.00. The van der Waals surface area contributed by atoms with Crippen LogP contribution in [0.2, 0.25) is 0 Å². The summed E-state index contributed by atoms with van der Waals surface area (Å²) in [6, 6.07) is 3.31. The summed E-state index contributed by atoms with van der Waals surface area (Å²) in [5, 5.41) is 18.5. The molecule has 0 aliphatic heterocycles. The van der Waals surface area contributed by atoms with E-state index < -0.39 is 5.97 Å². The van der Waals surface area contributed by atoms with Crippen LogP contribution in [-0.2, 0) is 6.42 Å². The molecule has 0 unspecified atom stereocenters. The van der Waals surface area contributed by atoms with E-state index >= 15 is 0 Å². The maximum atomic E-state index is 10.8. The molecule has 3 heteroatoms. The molecule has 0 saturated carbocycles. The van der Waals surface area contributed by atoms with E-state index in [-0.39, 0.29) is 18.7 Å². The lowest BCUT2D eigenvalue weighted by atomic mass is 10.0. The Kier molecular flexibility index (Phi) is 4.85. The molecule has 0 aliphatic rings. The van der Waals surface area contributed by atoms with Crippen LogP contribution in [0.1, 0.15) is 42.3 Å². The van der Waals surface area contributed by atoms with Gasteiger partial charge in [-0.2, -0.15) is 0 Å².